The average molecular weight is 281 g/mol. The molecule has 3 rings (SSSR count). The van der Waals surface area contributed by atoms with Gasteiger partial charge < -0.3 is 5.32 Å². The Bertz CT molecular complexity index is 741. The third-order valence-electron chi connectivity index (χ3n) is 3.21. The molecule has 0 saturated carbocycles. The monoisotopic (exact) mass is 281 g/mol. The zero-order chi connectivity index (χ0) is 14.9. The quantitative estimate of drug-likeness (QED) is 0.802. The highest BCUT2D eigenvalue weighted by Crippen LogP contribution is 2.21. The molecular formula is C16H19N5. The first-order chi connectivity index (χ1) is 10.0. The maximum atomic E-state index is 4.72. The van der Waals surface area contributed by atoms with Gasteiger partial charge in [0.15, 0.2) is 0 Å². The standard InChI is InChI=1S/C16H19N5/c1-16(2,3)18-9-12-8-15(21-11-17-10-19-21)13-6-4-5-7-14(13)20-12/h4-8,10-11,18H,9H2,1-3H3. The summed E-state index contributed by atoms with van der Waals surface area (Å²) in [5, 5.41) is 8.78. The summed E-state index contributed by atoms with van der Waals surface area (Å²) >= 11 is 0. The van der Waals surface area contributed by atoms with Crippen LogP contribution in [0.1, 0.15) is 26.5 Å². The number of para-hydroxylation sites is 1. The predicted molar refractivity (Wildman–Crippen MR) is 83.3 cm³/mol. The number of benzene rings is 1. The van der Waals surface area contributed by atoms with E-state index in [9.17, 15) is 0 Å². The second kappa shape index (κ2) is 5.26. The Labute approximate surface area is 124 Å². The van der Waals surface area contributed by atoms with Crippen LogP contribution in [-0.4, -0.2) is 25.3 Å². The van der Waals surface area contributed by atoms with E-state index in [2.05, 4.69) is 48.3 Å². The highest BCUT2D eigenvalue weighted by atomic mass is 15.3. The van der Waals surface area contributed by atoms with Crippen molar-refractivity contribution in [3.63, 3.8) is 0 Å². The van der Waals surface area contributed by atoms with Crippen LogP contribution in [0.25, 0.3) is 16.6 Å². The van der Waals surface area contributed by atoms with E-state index in [1.165, 1.54) is 0 Å². The summed E-state index contributed by atoms with van der Waals surface area (Å²) in [5.41, 5.74) is 3.02. The van der Waals surface area contributed by atoms with Gasteiger partial charge in [-0.2, -0.15) is 5.10 Å². The van der Waals surface area contributed by atoms with Crippen molar-refractivity contribution in [2.45, 2.75) is 32.9 Å². The normalized spacial score (nSPS) is 12.0. The molecule has 5 heteroatoms. The number of aromatic nitrogens is 4. The van der Waals surface area contributed by atoms with E-state index in [4.69, 9.17) is 4.98 Å². The summed E-state index contributed by atoms with van der Waals surface area (Å²) in [5.74, 6) is 0. The molecule has 0 atom stereocenters. The SMILES string of the molecule is CC(C)(C)NCc1cc(-n2cncn2)c2ccccc2n1. The van der Waals surface area contributed by atoms with Crippen LogP contribution in [0.3, 0.4) is 0 Å². The average Bonchev–Trinajstić information content (AvgIpc) is 2.97. The zero-order valence-corrected chi connectivity index (χ0v) is 12.5. The lowest BCUT2D eigenvalue weighted by Gasteiger charge is -2.20. The summed E-state index contributed by atoms with van der Waals surface area (Å²) in [6.07, 6.45) is 3.25. The molecule has 0 unspecified atom stereocenters. The smallest absolute Gasteiger partial charge is 0.138 e. The molecule has 3 aromatic rings. The Morgan fingerprint density at radius 2 is 2.00 bits per heavy atom. The maximum absolute atomic E-state index is 4.72. The molecule has 2 aromatic heterocycles. The third-order valence-corrected chi connectivity index (χ3v) is 3.21. The largest absolute Gasteiger partial charge is 0.306 e. The fourth-order valence-corrected chi connectivity index (χ4v) is 2.18. The Morgan fingerprint density at radius 3 is 2.71 bits per heavy atom. The van der Waals surface area contributed by atoms with Gasteiger partial charge in [0.25, 0.3) is 0 Å². The van der Waals surface area contributed by atoms with Gasteiger partial charge in [0.1, 0.15) is 12.7 Å². The zero-order valence-electron chi connectivity index (χ0n) is 12.5. The lowest BCUT2D eigenvalue weighted by atomic mass is 10.1. The van der Waals surface area contributed by atoms with Gasteiger partial charge in [-0.3, -0.25) is 4.98 Å². The molecule has 2 heterocycles. The lowest BCUT2D eigenvalue weighted by Crippen LogP contribution is -2.35. The fourth-order valence-electron chi connectivity index (χ4n) is 2.18. The van der Waals surface area contributed by atoms with E-state index >= 15 is 0 Å². The third kappa shape index (κ3) is 3.08. The molecule has 0 saturated heterocycles. The van der Waals surface area contributed by atoms with Gasteiger partial charge in [-0.05, 0) is 32.9 Å². The van der Waals surface area contributed by atoms with Gasteiger partial charge in [-0.25, -0.2) is 9.67 Å². The molecule has 108 valence electrons. The molecule has 0 amide bonds. The molecule has 0 aliphatic carbocycles. The fraction of sp³-hybridized carbons (Fsp3) is 0.312. The lowest BCUT2D eigenvalue weighted by molar-refractivity contribution is 0.421. The van der Waals surface area contributed by atoms with Crippen LogP contribution in [0.4, 0.5) is 0 Å². The Balaban J connectivity index is 2.07. The number of rotatable bonds is 3. The van der Waals surface area contributed by atoms with Gasteiger partial charge in [-0.1, -0.05) is 18.2 Å². The first kappa shape index (κ1) is 13.7. The number of nitrogens with one attached hydrogen (secondary N) is 1. The molecule has 0 aliphatic heterocycles. The minimum absolute atomic E-state index is 0.0563. The molecule has 1 aromatic carbocycles. The van der Waals surface area contributed by atoms with Crippen molar-refractivity contribution in [2.75, 3.05) is 0 Å². The van der Waals surface area contributed by atoms with Crippen molar-refractivity contribution < 1.29 is 0 Å². The van der Waals surface area contributed by atoms with Crippen LogP contribution in [0, 0.1) is 0 Å². The predicted octanol–water partition coefficient (Wildman–Crippen LogP) is 2.70. The highest BCUT2D eigenvalue weighted by Gasteiger charge is 2.12. The number of nitrogens with zero attached hydrogens (tertiary/aromatic N) is 4. The Morgan fingerprint density at radius 1 is 1.19 bits per heavy atom. The molecule has 0 fully saturated rings. The molecule has 0 bridgehead atoms. The van der Waals surface area contributed by atoms with Crippen molar-refractivity contribution in [1.82, 2.24) is 25.1 Å². The maximum Gasteiger partial charge on any atom is 0.138 e. The molecule has 0 radical (unpaired) electrons. The molecule has 5 nitrogen and oxygen atoms in total. The van der Waals surface area contributed by atoms with E-state index in [1.807, 2.05) is 18.2 Å². The van der Waals surface area contributed by atoms with Crippen molar-refractivity contribution in [3.8, 4) is 5.69 Å². The first-order valence-corrected chi connectivity index (χ1v) is 7.02. The number of fused-ring (bicyclic) bond motifs is 1. The van der Waals surface area contributed by atoms with Gasteiger partial charge in [0.2, 0.25) is 0 Å². The van der Waals surface area contributed by atoms with Crippen molar-refractivity contribution >= 4 is 10.9 Å². The van der Waals surface area contributed by atoms with E-state index < -0.39 is 0 Å². The number of hydrogen-bond donors (Lipinski definition) is 1. The van der Waals surface area contributed by atoms with Crippen LogP contribution in [0.5, 0.6) is 0 Å². The van der Waals surface area contributed by atoms with Gasteiger partial charge >= 0.3 is 0 Å². The summed E-state index contributed by atoms with van der Waals surface area (Å²) < 4.78 is 1.78. The van der Waals surface area contributed by atoms with Crippen LogP contribution in [-0.2, 0) is 6.54 Å². The van der Waals surface area contributed by atoms with Crippen molar-refractivity contribution in [1.29, 1.82) is 0 Å². The molecule has 0 spiro atoms. The number of hydrogen-bond acceptors (Lipinski definition) is 4. The topological polar surface area (TPSA) is 55.6 Å². The summed E-state index contributed by atoms with van der Waals surface area (Å²) in [6.45, 7) is 7.15. The second-order valence-electron chi connectivity index (χ2n) is 6.09. The van der Waals surface area contributed by atoms with Crippen LogP contribution in [0.15, 0.2) is 43.0 Å². The minimum atomic E-state index is 0.0563. The summed E-state index contributed by atoms with van der Waals surface area (Å²) in [6, 6.07) is 10.2. The highest BCUT2D eigenvalue weighted by molar-refractivity contribution is 5.87. The minimum Gasteiger partial charge on any atom is -0.306 e. The Hall–Kier alpha value is -2.27. The van der Waals surface area contributed by atoms with Gasteiger partial charge in [0, 0.05) is 17.5 Å². The van der Waals surface area contributed by atoms with Crippen LogP contribution < -0.4 is 5.32 Å². The first-order valence-electron chi connectivity index (χ1n) is 7.02. The molecule has 0 aliphatic rings. The van der Waals surface area contributed by atoms with Crippen LogP contribution in [0.2, 0.25) is 0 Å². The Kier molecular flexibility index (Phi) is 3.43. The summed E-state index contributed by atoms with van der Waals surface area (Å²) in [4.78, 5) is 8.76. The van der Waals surface area contributed by atoms with Crippen molar-refractivity contribution in [3.05, 3.63) is 48.7 Å². The summed E-state index contributed by atoms with van der Waals surface area (Å²) in [7, 11) is 0. The van der Waals surface area contributed by atoms with Crippen LogP contribution >= 0.6 is 0 Å². The number of pyridine rings is 1. The van der Waals surface area contributed by atoms with E-state index in [1.54, 1.807) is 17.3 Å². The molecule has 1 N–H and O–H groups in total. The van der Waals surface area contributed by atoms with Gasteiger partial charge in [0.05, 0.1) is 16.9 Å². The van der Waals surface area contributed by atoms with E-state index in [-0.39, 0.29) is 5.54 Å². The van der Waals surface area contributed by atoms with E-state index in [0.29, 0.717) is 0 Å². The van der Waals surface area contributed by atoms with Crippen molar-refractivity contribution in [2.24, 2.45) is 0 Å². The molecule has 21 heavy (non-hydrogen) atoms. The molecular weight excluding hydrogens is 262 g/mol. The van der Waals surface area contributed by atoms with Gasteiger partial charge in [-0.15, -0.1) is 0 Å². The second-order valence-corrected chi connectivity index (χ2v) is 6.09. The van der Waals surface area contributed by atoms with E-state index in [0.717, 1.165) is 28.8 Å².